The lowest BCUT2D eigenvalue weighted by Gasteiger charge is -2.34. The van der Waals surface area contributed by atoms with Crippen LogP contribution in [0.1, 0.15) is 32.1 Å². The predicted octanol–water partition coefficient (Wildman–Crippen LogP) is 1.85. The molecule has 1 aromatic carbocycles. The summed E-state index contributed by atoms with van der Waals surface area (Å²) >= 11 is 0. The Balaban J connectivity index is 1.38. The Bertz CT molecular complexity index is 1080. The van der Waals surface area contributed by atoms with E-state index in [2.05, 4.69) is 31.4 Å². The molecule has 1 atom stereocenters. The zero-order valence-electron chi connectivity index (χ0n) is 19.0. The number of likely N-dealkylation sites (tertiary alicyclic amines) is 1. The van der Waals surface area contributed by atoms with E-state index in [1.807, 2.05) is 24.3 Å². The van der Waals surface area contributed by atoms with Gasteiger partial charge in [-0.2, -0.15) is 15.4 Å². The minimum absolute atomic E-state index is 0.210. The second-order valence-corrected chi connectivity index (χ2v) is 9.11. The molecule has 2 saturated heterocycles. The van der Waals surface area contributed by atoms with Gasteiger partial charge in [-0.05, 0) is 55.9 Å². The van der Waals surface area contributed by atoms with E-state index in [-0.39, 0.29) is 12.0 Å². The standard InChI is InChI=1S/C24H28N8O2/c25-10-5-16-6-11-32(12-7-16)24-28-20-15-26-30-23(34)21(20)22(29-24)27-17-1-3-18(4-2-17)31-13-8-19(33)9-14-31/h1-4,15-16,19,21,33H,5-9,11-14H2,(H,30,34). The molecule has 1 unspecified atom stereocenters. The molecule has 0 saturated carbocycles. The van der Waals surface area contributed by atoms with E-state index >= 15 is 0 Å². The Morgan fingerprint density at radius 1 is 1.06 bits per heavy atom. The summed E-state index contributed by atoms with van der Waals surface area (Å²) in [7, 11) is 0. The van der Waals surface area contributed by atoms with Crippen molar-refractivity contribution in [2.24, 2.45) is 31.9 Å². The van der Waals surface area contributed by atoms with Crippen LogP contribution in [0.4, 0.5) is 11.4 Å². The normalized spacial score (nSPS) is 24.9. The molecule has 10 heteroatoms. The van der Waals surface area contributed by atoms with Crippen LogP contribution in [0, 0.1) is 23.2 Å². The van der Waals surface area contributed by atoms with Crippen LogP contribution in [-0.2, 0) is 4.79 Å². The molecule has 2 N–H and O–H groups in total. The lowest BCUT2D eigenvalue weighted by atomic mass is 9.94. The highest BCUT2D eigenvalue weighted by molar-refractivity contribution is 6.46. The number of aliphatic hydroxyl groups excluding tert-OH is 1. The van der Waals surface area contributed by atoms with Gasteiger partial charge in [0, 0.05) is 38.3 Å². The van der Waals surface area contributed by atoms with Gasteiger partial charge in [-0.25, -0.2) is 15.4 Å². The van der Waals surface area contributed by atoms with Crippen LogP contribution in [0.25, 0.3) is 0 Å². The predicted molar refractivity (Wildman–Crippen MR) is 131 cm³/mol. The molecule has 10 nitrogen and oxygen atoms in total. The zero-order valence-corrected chi connectivity index (χ0v) is 19.0. The molecular formula is C24H28N8O2. The van der Waals surface area contributed by atoms with E-state index in [4.69, 9.17) is 15.2 Å². The van der Waals surface area contributed by atoms with Crippen LogP contribution in [0.3, 0.4) is 0 Å². The van der Waals surface area contributed by atoms with Gasteiger partial charge in [0.05, 0.1) is 29.8 Å². The number of fused-ring (bicyclic) bond motifs is 1. The molecule has 4 aliphatic rings. The van der Waals surface area contributed by atoms with Gasteiger partial charge >= 0.3 is 0 Å². The van der Waals surface area contributed by atoms with E-state index in [0.29, 0.717) is 35.5 Å². The molecule has 2 fully saturated rings. The number of rotatable bonds is 3. The molecule has 0 bridgehead atoms. The number of hydrazone groups is 1. The molecular weight excluding hydrogens is 432 g/mol. The first kappa shape index (κ1) is 22.2. The maximum absolute atomic E-state index is 12.6. The number of hydrogen-bond donors (Lipinski definition) is 2. The fourth-order valence-corrected chi connectivity index (χ4v) is 4.78. The number of carbonyl (C=O) groups excluding carboxylic acids is 1. The van der Waals surface area contributed by atoms with Crippen molar-refractivity contribution in [2.75, 3.05) is 31.1 Å². The summed E-state index contributed by atoms with van der Waals surface area (Å²) in [6, 6.07) is 10.1. The molecule has 0 radical (unpaired) electrons. The van der Waals surface area contributed by atoms with Crippen molar-refractivity contribution >= 4 is 41.0 Å². The molecule has 5 rings (SSSR count). The van der Waals surface area contributed by atoms with E-state index in [1.165, 1.54) is 0 Å². The van der Waals surface area contributed by atoms with E-state index in [1.54, 1.807) is 6.21 Å². The summed E-state index contributed by atoms with van der Waals surface area (Å²) in [6.45, 7) is 3.19. The third-order valence-electron chi connectivity index (χ3n) is 6.83. The van der Waals surface area contributed by atoms with Crippen molar-refractivity contribution in [3.8, 4) is 6.07 Å². The first-order valence-corrected chi connectivity index (χ1v) is 11.8. The fraction of sp³-hybridized carbons (Fsp3) is 0.500. The summed E-state index contributed by atoms with van der Waals surface area (Å²) in [5, 5.41) is 22.6. The number of aliphatic imine (C=N–C) groups is 3. The van der Waals surface area contributed by atoms with Crippen molar-refractivity contribution in [3.63, 3.8) is 0 Å². The van der Waals surface area contributed by atoms with Crippen molar-refractivity contribution in [1.29, 1.82) is 5.26 Å². The van der Waals surface area contributed by atoms with Gasteiger partial charge in [-0.15, -0.1) is 0 Å². The molecule has 176 valence electrons. The van der Waals surface area contributed by atoms with E-state index < -0.39 is 5.92 Å². The second kappa shape index (κ2) is 9.73. The molecule has 4 aliphatic heterocycles. The molecule has 1 amide bonds. The van der Waals surface area contributed by atoms with Crippen molar-refractivity contribution in [3.05, 3.63) is 24.3 Å². The molecule has 1 aromatic rings. The van der Waals surface area contributed by atoms with E-state index in [0.717, 1.165) is 57.5 Å². The Morgan fingerprint density at radius 2 is 1.76 bits per heavy atom. The summed E-state index contributed by atoms with van der Waals surface area (Å²) in [5.41, 5.74) is 4.83. The van der Waals surface area contributed by atoms with Gasteiger partial charge in [0.25, 0.3) is 5.91 Å². The van der Waals surface area contributed by atoms with Crippen molar-refractivity contribution < 1.29 is 9.90 Å². The number of nitrogens with zero attached hydrogens (tertiary/aromatic N) is 7. The zero-order chi connectivity index (χ0) is 23.5. The minimum atomic E-state index is -0.694. The first-order valence-electron chi connectivity index (χ1n) is 11.8. The van der Waals surface area contributed by atoms with Crippen LogP contribution in [-0.4, -0.2) is 71.9 Å². The number of aliphatic hydroxyl groups is 1. The Kier molecular flexibility index (Phi) is 6.36. The summed E-state index contributed by atoms with van der Waals surface area (Å²) in [4.78, 5) is 31.0. The number of nitrogens with one attached hydrogen (secondary N) is 1. The lowest BCUT2D eigenvalue weighted by Crippen LogP contribution is -2.47. The van der Waals surface area contributed by atoms with Gasteiger partial charge in [-0.1, -0.05) is 0 Å². The molecule has 0 aromatic heterocycles. The minimum Gasteiger partial charge on any atom is -0.393 e. The highest BCUT2D eigenvalue weighted by Gasteiger charge is 2.36. The summed E-state index contributed by atoms with van der Waals surface area (Å²) in [6.07, 6.45) is 5.30. The third-order valence-corrected chi connectivity index (χ3v) is 6.83. The Hall–Kier alpha value is -3.58. The maximum atomic E-state index is 12.6. The SMILES string of the molecule is N#CCC1CCN(C2=NC(=Nc3ccc(N4CCC(O)CC4)cc3)C3C(=O)NN=CC3=N2)CC1. The smallest absolute Gasteiger partial charge is 0.257 e. The fourth-order valence-electron chi connectivity index (χ4n) is 4.78. The highest BCUT2D eigenvalue weighted by atomic mass is 16.3. The average molecular weight is 461 g/mol. The maximum Gasteiger partial charge on any atom is 0.257 e. The number of guanidine groups is 1. The summed E-state index contributed by atoms with van der Waals surface area (Å²) < 4.78 is 0. The molecule has 0 spiro atoms. The van der Waals surface area contributed by atoms with Gasteiger partial charge in [0.1, 0.15) is 5.92 Å². The molecule has 34 heavy (non-hydrogen) atoms. The van der Waals surface area contributed by atoms with Gasteiger partial charge in [-0.3, -0.25) is 4.79 Å². The molecule has 4 heterocycles. The Morgan fingerprint density at radius 3 is 2.47 bits per heavy atom. The van der Waals surface area contributed by atoms with Crippen LogP contribution in [0.15, 0.2) is 44.3 Å². The summed E-state index contributed by atoms with van der Waals surface area (Å²) in [5.74, 6) is 0.365. The average Bonchev–Trinajstić information content (AvgIpc) is 2.86. The molecule has 0 aliphatic carbocycles. The van der Waals surface area contributed by atoms with Crippen LogP contribution >= 0.6 is 0 Å². The number of anilines is 1. The largest absolute Gasteiger partial charge is 0.393 e. The third kappa shape index (κ3) is 4.70. The van der Waals surface area contributed by atoms with Crippen LogP contribution in [0.2, 0.25) is 0 Å². The monoisotopic (exact) mass is 460 g/mol. The first-order chi connectivity index (χ1) is 16.6. The highest BCUT2D eigenvalue weighted by Crippen LogP contribution is 2.26. The topological polar surface area (TPSA) is 129 Å². The number of amidine groups is 1. The second-order valence-electron chi connectivity index (χ2n) is 9.11. The van der Waals surface area contributed by atoms with Crippen molar-refractivity contribution in [1.82, 2.24) is 10.3 Å². The number of hydrogen-bond acceptors (Lipinski definition) is 8. The van der Waals surface area contributed by atoms with Gasteiger partial charge in [0.2, 0.25) is 5.96 Å². The van der Waals surface area contributed by atoms with Crippen molar-refractivity contribution in [2.45, 2.75) is 38.2 Å². The number of amides is 1. The van der Waals surface area contributed by atoms with E-state index in [9.17, 15) is 9.90 Å². The Labute approximate surface area is 198 Å². The number of benzene rings is 1. The van der Waals surface area contributed by atoms with Crippen LogP contribution < -0.4 is 10.3 Å². The van der Waals surface area contributed by atoms with Gasteiger partial charge < -0.3 is 14.9 Å². The number of carbonyl (C=O) groups is 1. The number of nitriles is 1. The lowest BCUT2D eigenvalue weighted by molar-refractivity contribution is -0.121. The van der Waals surface area contributed by atoms with Gasteiger partial charge in [0.15, 0.2) is 5.84 Å². The number of piperidine rings is 2. The van der Waals surface area contributed by atoms with Crippen LogP contribution in [0.5, 0.6) is 0 Å². The quantitative estimate of drug-likeness (QED) is 0.711.